The van der Waals surface area contributed by atoms with Gasteiger partial charge in [0.15, 0.2) is 0 Å². The van der Waals surface area contributed by atoms with Crippen LogP contribution in [0.3, 0.4) is 0 Å². The Labute approximate surface area is 239 Å². The van der Waals surface area contributed by atoms with Gasteiger partial charge >= 0.3 is 0 Å². The molecule has 8 nitrogen and oxygen atoms in total. The molecule has 6 aromatic rings. The Kier molecular flexibility index (Phi) is 7.15. The van der Waals surface area contributed by atoms with Gasteiger partial charge in [-0.3, -0.25) is 4.79 Å². The SMILES string of the molecule is CC(C)(N)C(=O)NCC(c1c[nH]c2ccccc12)c1nnc(Cc2c[nH]c3ccccc23)n1CCc1ccccc1. The number of H-pyrrole nitrogens is 2. The van der Waals surface area contributed by atoms with Crippen molar-refractivity contribution >= 4 is 27.7 Å². The number of benzene rings is 3. The molecular formula is C33H35N7O. The molecule has 0 fully saturated rings. The van der Waals surface area contributed by atoms with E-state index < -0.39 is 5.54 Å². The van der Waals surface area contributed by atoms with Crippen molar-refractivity contribution in [2.75, 3.05) is 6.54 Å². The fourth-order valence-electron chi connectivity index (χ4n) is 5.46. The van der Waals surface area contributed by atoms with Gasteiger partial charge in [-0.2, -0.15) is 0 Å². The Hall–Kier alpha value is -4.69. The molecule has 208 valence electrons. The molecule has 41 heavy (non-hydrogen) atoms. The number of nitrogens with one attached hydrogen (secondary N) is 3. The van der Waals surface area contributed by atoms with Gasteiger partial charge < -0.3 is 25.6 Å². The minimum absolute atomic E-state index is 0.211. The first-order valence-corrected chi connectivity index (χ1v) is 14.0. The van der Waals surface area contributed by atoms with Crippen LogP contribution in [0.2, 0.25) is 0 Å². The molecule has 6 rings (SSSR count). The Bertz CT molecular complexity index is 1790. The highest BCUT2D eigenvalue weighted by Crippen LogP contribution is 2.31. The monoisotopic (exact) mass is 545 g/mol. The van der Waals surface area contributed by atoms with Crippen LogP contribution in [-0.2, 0) is 24.2 Å². The van der Waals surface area contributed by atoms with Crippen molar-refractivity contribution in [1.29, 1.82) is 0 Å². The predicted molar refractivity (Wildman–Crippen MR) is 163 cm³/mol. The van der Waals surface area contributed by atoms with E-state index in [-0.39, 0.29) is 11.8 Å². The third-order valence-corrected chi connectivity index (χ3v) is 7.71. The van der Waals surface area contributed by atoms with E-state index in [9.17, 15) is 4.79 Å². The van der Waals surface area contributed by atoms with E-state index in [1.165, 1.54) is 16.5 Å². The average molecular weight is 546 g/mol. The maximum absolute atomic E-state index is 12.9. The Morgan fingerprint density at radius 1 is 0.902 bits per heavy atom. The van der Waals surface area contributed by atoms with Crippen molar-refractivity contribution in [2.24, 2.45) is 5.73 Å². The maximum Gasteiger partial charge on any atom is 0.239 e. The molecule has 3 aromatic heterocycles. The summed E-state index contributed by atoms with van der Waals surface area (Å²) in [7, 11) is 0. The number of nitrogens with two attached hydrogens (primary N) is 1. The highest BCUT2D eigenvalue weighted by Gasteiger charge is 2.29. The van der Waals surface area contributed by atoms with Crippen molar-refractivity contribution in [3.05, 3.63) is 120 Å². The fraction of sp³-hybridized carbons (Fsp3) is 0.242. The summed E-state index contributed by atoms with van der Waals surface area (Å²) in [5.41, 5.74) is 10.7. The molecule has 0 aliphatic carbocycles. The minimum atomic E-state index is -0.994. The third kappa shape index (κ3) is 5.51. The summed E-state index contributed by atoms with van der Waals surface area (Å²) >= 11 is 0. The predicted octanol–water partition coefficient (Wildman–Crippen LogP) is 5.06. The number of para-hydroxylation sites is 2. The number of hydrogen-bond donors (Lipinski definition) is 4. The van der Waals surface area contributed by atoms with E-state index in [1.54, 1.807) is 13.8 Å². The quantitative estimate of drug-likeness (QED) is 0.192. The standard InChI is InChI=1S/C33H35N7O/c1-33(2,34)32(41)37-21-27(26-20-36-29-15-9-7-13-25(26)29)31-39-38-30(40(31)17-16-22-10-4-3-5-11-22)18-23-19-35-28-14-8-6-12-24(23)28/h3-15,19-20,27,35-36H,16-18,21,34H2,1-2H3,(H,37,41). The number of rotatable bonds is 10. The number of aryl methyl sites for hydroxylation is 1. The van der Waals surface area contributed by atoms with Crippen LogP contribution in [0.15, 0.2) is 91.3 Å². The van der Waals surface area contributed by atoms with Crippen molar-refractivity contribution in [1.82, 2.24) is 30.0 Å². The van der Waals surface area contributed by atoms with Gasteiger partial charge in [0, 0.05) is 53.7 Å². The van der Waals surface area contributed by atoms with Gasteiger partial charge in [0.1, 0.15) is 11.6 Å². The van der Waals surface area contributed by atoms with Gasteiger partial charge in [0.25, 0.3) is 0 Å². The van der Waals surface area contributed by atoms with Gasteiger partial charge in [0.2, 0.25) is 5.91 Å². The summed E-state index contributed by atoms with van der Waals surface area (Å²) in [5.74, 6) is 1.25. The zero-order valence-corrected chi connectivity index (χ0v) is 23.4. The van der Waals surface area contributed by atoms with Crippen molar-refractivity contribution in [2.45, 2.75) is 44.7 Å². The lowest BCUT2D eigenvalue weighted by atomic mass is 9.96. The summed E-state index contributed by atoms with van der Waals surface area (Å²) < 4.78 is 2.24. The normalized spacial score (nSPS) is 12.7. The first-order valence-electron chi connectivity index (χ1n) is 14.0. The highest BCUT2D eigenvalue weighted by molar-refractivity contribution is 5.86. The second kappa shape index (κ2) is 11.1. The van der Waals surface area contributed by atoms with E-state index >= 15 is 0 Å². The Morgan fingerprint density at radius 3 is 2.32 bits per heavy atom. The largest absolute Gasteiger partial charge is 0.361 e. The summed E-state index contributed by atoms with van der Waals surface area (Å²) in [5, 5.41) is 14.9. The Balaban J connectivity index is 1.43. The number of carbonyl (C=O) groups is 1. The lowest BCUT2D eigenvalue weighted by Crippen LogP contribution is -2.50. The fourth-order valence-corrected chi connectivity index (χ4v) is 5.46. The molecule has 0 bridgehead atoms. The van der Waals surface area contributed by atoms with Crippen molar-refractivity contribution in [3.8, 4) is 0 Å². The first kappa shape index (κ1) is 26.5. The van der Waals surface area contributed by atoms with E-state index in [2.05, 4.69) is 80.6 Å². The van der Waals surface area contributed by atoms with Crippen LogP contribution in [0, 0.1) is 0 Å². The highest BCUT2D eigenvalue weighted by atomic mass is 16.2. The minimum Gasteiger partial charge on any atom is -0.361 e. The number of carbonyl (C=O) groups excluding carboxylic acids is 1. The van der Waals surface area contributed by atoms with E-state index in [0.29, 0.717) is 19.5 Å². The van der Waals surface area contributed by atoms with Gasteiger partial charge in [-0.05, 0) is 49.1 Å². The summed E-state index contributed by atoms with van der Waals surface area (Å²) in [4.78, 5) is 19.7. The summed E-state index contributed by atoms with van der Waals surface area (Å²) in [6.07, 6.45) is 5.54. The number of fused-ring (bicyclic) bond motifs is 2. The zero-order valence-electron chi connectivity index (χ0n) is 23.4. The van der Waals surface area contributed by atoms with Crippen LogP contribution in [0.1, 0.15) is 48.1 Å². The lowest BCUT2D eigenvalue weighted by Gasteiger charge is -2.22. The molecule has 8 heteroatoms. The van der Waals surface area contributed by atoms with Crippen molar-refractivity contribution < 1.29 is 4.79 Å². The van der Waals surface area contributed by atoms with Crippen LogP contribution in [0.5, 0.6) is 0 Å². The Morgan fingerprint density at radius 2 is 1.56 bits per heavy atom. The number of aromatic amines is 2. The molecule has 1 atom stereocenters. The first-order chi connectivity index (χ1) is 19.9. The molecule has 0 saturated carbocycles. The number of nitrogens with zero attached hydrogens (tertiary/aromatic N) is 3. The average Bonchev–Trinajstić information content (AvgIpc) is 3.70. The molecule has 1 amide bonds. The van der Waals surface area contributed by atoms with Crippen LogP contribution >= 0.6 is 0 Å². The molecule has 0 aliphatic heterocycles. The summed E-state index contributed by atoms with van der Waals surface area (Å²) in [6, 6.07) is 26.9. The van der Waals surface area contributed by atoms with Crippen LogP contribution in [-0.4, -0.2) is 42.7 Å². The molecule has 1 unspecified atom stereocenters. The summed E-state index contributed by atoms with van der Waals surface area (Å²) in [6.45, 7) is 4.48. The van der Waals surface area contributed by atoms with E-state index in [0.717, 1.165) is 40.1 Å². The van der Waals surface area contributed by atoms with Crippen LogP contribution in [0.25, 0.3) is 21.8 Å². The second-order valence-corrected chi connectivity index (χ2v) is 11.2. The molecule has 0 saturated heterocycles. The molecule has 3 heterocycles. The molecule has 0 radical (unpaired) electrons. The van der Waals surface area contributed by atoms with Gasteiger partial charge in [-0.25, -0.2) is 0 Å². The van der Waals surface area contributed by atoms with Gasteiger partial charge in [-0.1, -0.05) is 66.7 Å². The van der Waals surface area contributed by atoms with E-state index in [4.69, 9.17) is 15.9 Å². The topological polar surface area (TPSA) is 117 Å². The molecular weight excluding hydrogens is 510 g/mol. The third-order valence-electron chi connectivity index (χ3n) is 7.71. The smallest absolute Gasteiger partial charge is 0.239 e. The lowest BCUT2D eigenvalue weighted by molar-refractivity contribution is -0.125. The molecule has 5 N–H and O–H groups in total. The maximum atomic E-state index is 12.9. The van der Waals surface area contributed by atoms with E-state index in [1.807, 2.05) is 30.5 Å². The van der Waals surface area contributed by atoms with Crippen LogP contribution in [0.4, 0.5) is 0 Å². The number of hydrogen-bond acceptors (Lipinski definition) is 4. The van der Waals surface area contributed by atoms with Gasteiger partial charge in [0.05, 0.1) is 11.5 Å². The number of aromatic nitrogens is 5. The molecule has 0 aliphatic rings. The number of amides is 1. The van der Waals surface area contributed by atoms with Gasteiger partial charge in [-0.15, -0.1) is 10.2 Å². The molecule has 0 spiro atoms. The zero-order chi connectivity index (χ0) is 28.4. The molecule has 3 aromatic carbocycles. The van der Waals surface area contributed by atoms with Crippen molar-refractivity contribution in [3.63, 3.8) is 0 Å². The second-order valence-electron chi connectivity index (χ2n) is 11.2. The van der Waals surface area contributed by atoms with Crippen LogP contribution < -0.4 is 11.1 Å².